The van der Waals surface area contributed by atoms with Gasteiger partial charge in [0, 0.05) is 37.1 Å². The Kier molecular flexibility index (Phi) is 7.14. The molecule has 0 unspecified atom stereocenters. The number of ether oxygens (including phenoxy) is 1. The second kappa shape index (κ2) is 9.10. The number of rotatable bonds is 5. The van der Waals surface area contributed by atoms with E-state index in [0.717, 1.165) is 44.1 Å². The molecule has 3 rings (SSSR count). The van der Waals surface area contributed by atoms with Crippen LogP contribution in [0.15, 0.2) is 29.6 Å². The van der Waals surface area contributed by atoms with Gasteiger partial charge in [-0.3, -0.25) is 15.0 Å². The summed E-state index contributed by atoms with van der Waals surface area (Å²) in [6.45, 7) is 4.65. The Labute approximate surface area is 151 Å². The largest absolute Gasteiger partial charge is 0.379 e. The van der Waals surface area contributed by atoms with Crippen molar-refractivity contribution in [3.8, 4) is 0 Å². The molecule has 0 saturated carbocycles. The first-order valence-electron chi connectivity index (χ1n) is 7.59. The molecule has 6 nitrogen and oxygen atoms in total. The molecule has 2 aromatic rings. The highest BCUT2D eigenvalue weighted by Gasteiger charge is 2.14. The highest BCUT2D eigenvalue weighted by molar-refractivity contribution is 7.13. The summed E-state index contributed by atoms with van der Waals surface area (Å²) < 4.78 is 5.34. The fraction of sp³-hybridized carbons (Fsp3) is 0.375. The number of halogens is 1. The van der Waals surface area contributed by atoms with Gasteiger partial charge in [0.15, 0.2) is 5.13 Å². The number of carbonyl (C=O) groups is 1. The summed E-state index contributed by atoms with van der Waals surface area (Å²) >= 11 is 1.45. The third-order valence-electron chi connectivity index (χ3n) is 3.71. The molecule has 1 amide bonds. The minimum atomic E-state index is -0.152. The van der Waals surface area contributed by atoms with Crippen molar-refractivity contribution in [3.05, 3.63) is 46.5 Å². The van der Waals surface area contributed by atoms with Gasteiger partial charge >= 0.3 is 0 Å². The number of hydrogen-bond acceptors (Lipinski definition) is 6. The number of aromatic nitrogens is 1. The zero-order chi connectivity index (χ0) is 16.1. The topological polar surface area (TPSA) is 80.5 Å². The summed E-state index contributed by atoms with van der Waals surface area (Å²) in [4.78, 5) is 19.0. The molecule has 0 radical (unpaired) electrons. The minimum absolute atomic E-state index is 0. The molecule has 1 fully saturated rings. The molecule has 1 aromatic carbocycles. The predicted molar refractivity (Wildman–Crippen MR) is 97.7 cm³/mol. The molecule has 0 aliphatic carbocycles. The molecule has 0 atom stereocenters. The van der Waals surface area contributed by atoms with E-state index in [9.17, 15) is 4.79 Å². The van der Waals surface area contributed by atoms with E-state index in [0.29, 0.717) is 17.2 Å². The lowest BCUT2D eigenvalue weighted by atomic mass is 10.1. The number of nitrogens with zero attached hydrogens (tertiary/aromatic N) is 2. The lowest BCUT2D eigenvalue weighted by Crippen LogP contribution is -2.35. The normalized spacial score (nSPS) is 14.9. The van der Waals surface area contributed by atoms with Gasteiger partial charge in [-0.15, -0.1) is 23.7 Å². The summed E-state index contributed by atoms with van der Waals surface area (Å²) in [5.41, 5.74) is 8.14. The van der Waals surface area contributed by atoms with Crippen LogP contribution in [0.5, 0.6) is 0 Å². The van der Waals surface area contributed by atoms with Crippen molar-refractivity contribution in [2.24, 2.45) is 5.73 Å². The molecule has 1 aromatic heterocycles. The second-order valence-corrected chi connectivity index (χ2v) is 6.25. The Hall–Kier alpha value is -1.51. The molecule has 1 saturated heterocycles. The van der Waals surface area contributed by atoms with Gasteiger partial charge in [-0.1, -0.05) is 12.1 Å². The molecule has 0 spiro atoms. The van der Waals surface area contributed by atoms with Gasteiger partial charge in [0.2, 0.25) is 0 Å². The number of anilines is 1. The van der Waals surface area contributed by atoms with Crippen LogP contribution in [0.3, 0.4) is 0 Å². The van der Waals surface area contributed by atoms with Gasteiger partial charge in [-0.05, 0) is 17.7 Å². The Bertz CT molecular complexity index is 656. The first-order valence-corrected chi connectivity index (χ1v) is 8.47. The van der Waals surface area contributed by atoms with Crippen LogP contribution in [-0.2, 0) is 17.8 Å². The van der Waals surface area contributed by atoms with Crippen LogP contribution in [0.4, 0.5) is 5.13 Å². The maximum Gasteiger partial charge on any atom is 0.257 e. The van der Waals surface area contributed by atoms with Crippen LogP contribution >= 0.6 is 23.7 Å². The van der Waals surface area contributed by atoms with Crippen LogP contribution in [0, 0.1) is 0 Å². The van der Waals surface area contributed by atoms with Crippen LogP contribution in [-0.4, -0.2) is 42.1 Å². The van der Waals surface area contributed by atoms with Crippen molar-refractivity contribution in [1.29, 1.82) is 0 Å². The lowest BCUT2D eigenvalue weighted by molar-refractivity contribution is 0.0337. The van der Waals surface area contributed by atoms with Gasteiger partial charge < -0.3 is 10.5 Å². The van der Waals surface area contributed by atoms with E-state index in [4.69, 9.17) is 10.5 Å². The number of hydrogen-bond donors (Lipinski definition) is 2. The van der Waals surface area contributed by atoms with Crippen LogP contribution in [0.25, 0.3) is 0 Å². The molecule has 3 N–H and O–H groups in total. The van der Waals surface area contributed by atoms with Crippen LogP contribution in [0.1, 0.15) is 21.6 Å². The maximum absolute atomic E-state index is 12.2. The molecule has 130 valence electrons. The Morgan fingerprint density at radius 3 is 2.67 bits per heavy atom. The average molecular weight is 369 g/mol. The summed E-state index contributed by atoms with van der Waals surface area (Å²) in [6.07, 6.45) is 0. The summed E-state index contributed by atoms with van der Waals surface area (Å²) in [7, 11) is 0. The maximum atomic E-state index is 12.2. The van der Waals surface area contributed by atoms with Gasteiger partial charge in [0.25, 0.3) is 5.91 Å². The summed E-state index contributed by atoms with van der Waals surface area (Å²) in [6, 6.07) is 7.28. The predicted octanol–water partition coefficient (Wildman–Crippen LogP) is 2.11. The van der Waals surface area contributed by atoms with Crippen molar-refractivity contribution in [3.63, 3.8) is 0 Å². The number of morpholine rings is 1. The quantitative estimate of drug-likeness (QED) is 0.844. The zero-order valence-corrected chi connectivity index (χ0v) is 14.9. The Morgan fingerprint density at radius 2 is 2.00 bits per heavy atom. The third-order valence-corrected chi connectivity index (χ3v) is 4.52. The van der Waals surface area contributed by atoms with Crippen molar-refractivity contribution in [1.82, 2.24) is 9.88 Å². The first-order chi connectivity index (χ1) is 11.2. The summed E-state index contributed by atoms with van der Waals surface area (Å²) in [5, 5.41) is 5.46. The van der Waals surface area contributed by atoms with E-state index in [-0.39, 0.29) is 18.3 Å². The average Bonchev–Trinajstić information content (AvgIpc) is 3.02. The number of nitrogens with two attached hydrogens (primary N) is 1. The van der Waals surface area contributed by atoms with Crippen LogP contribution in [0.2, 0.25) is 0 Å². The molecule has 24 heavy (non-hydrogen) atoms. The van der Waals surface area contributed by atoms with Gasteiger partial charge in [-0.25, -0.2) is 4.98 Å². The fourth-order valence-electron chi connectivity index (χ4n) is 2.39. The third kappa shape index (κ3) is 4.99. The Balaban J connectivity index is 0.00000208. The molecule has 2 heterocycles. The van der Waals surface area contributed by atoms with E-state index < -0.39 is 0 Å². The smallest absolute Gasteiger partial charge is 0.257 e. The molecule has 8 heteroatoms. The summed E-state index contributed by atoms with van der Waals surface area (Å²) in [5.74, 6) is -0.152. The number of thiazole rings is 1. The van der Waals surface area contributed by atoms with Crippen molar-refractivity contribution in [2.45, 2.75) is 13.1 Å². The zero-order valence-electron chi connectivity index (χ0n) is 13.2. The standard InChI is InChI=1S/C16H20N4O2S.ClH/c17-9-12-1-3-13(4-2-12)15(21)19-16-18-14(11-23-16)10-20-5-7-22-8-6-20;/h1-4,11H,5-10,17H2,(H,18,19,21);1H. The van der Waals surface area contributed by atoms with Crippen molar-refractivity contribution in [2.75, 3.05) is 31.6 Å². The van der Waals surface area contributed by atoms with E-state index in [1.54, 1.807) is 12.1 Å². The number of amides is 1. The minimum Gasteiger partial charge on any atom is -0.379 e. The SMILES string of the molecule is Cl.NCc1ccc(C(=O)Nc2nc(CN3CCOCC3)cs2)cc1. The van der Waals surface area contributed by atoms with Crippen LogP contribution < -0.4 is 11.1 Å². The molecular formula is C16H21ClN4O2S. The highest BCUT2D eigenvalue weighted by Crippen LogP contribution is 2.18. The molecule has 0 bridgehead atoms. The van der Waals surface area contributed by atoms with E-state index in [1.165, 1.54) is 11.3 Å². The number of nitrogens with one attached hydrogen (secondary N) is 1. The highest BCUT2D eigenvalue weighted by atomic mass is 35.5. The molecular weight excluding hydrogens is 348 g/mol. The fourth-order valence-corrected chi connectivity index (χ4v) is 3.08. The van der Waals surface area contributed by atoms with Crippen molar-refractivity contribution < 1.29 is 9.53 Å². The van der Waals surface area contributed by atoms with Crippen molar-refractivity contribution >= 4 is 34.8 Å². The number of carbonyl (C=O) groups excluding carboxylic acids is 1. The van der Waals surface area contributed by atoms with Gasteiger partial charge in [0.1, 0.15) is 0 Å². The van der Waals surface area contributed by atoms with Gasteiger partial charge in [0.05, 0.1) is 18.9 Å². The lowest BCUT2D eigenvalue weighted by Gasteiger charge is -2.25. The molecule has 1 aliphatic heterocycles. The van der Waals surface area contributed by atoms with E-state index >= 15 is 0 Å². The van der Waals surface area contributed by atoms with Gasteiger partial charge in [-0.2, -0.15) is 0 Å². The van der Waals surface area contributed by atoms with E-state index in [1.807, 2.05) is 17.5 Å². The first kappa shape index (κ1) is 18.8. The Morgan fingerprint density at radius 1 is 1.29 bits per heavy atom. The number of benzene rings is 1. The second-order valence-electron chi connectivity index (χ2n) is 5.39. The molecule has 1 aliphatic rings. The van der Waals surface area contributed by atoms with E-state index in [2.05, 4.69) is 15.2 Å². The monoisotopic (exact) mass is 368 g/mol.